The molecule has 0 saturated carbocycles. The van der Waals surface area contributed by atoms with Gasteiger partial charge in [0.15, 0.2) is 25.0 Å². The van der Waals surface area contributed by atoms with E-state index >= 15 is 0 Å². The van der Waals surface area contributed by atoms with Gasteiger partial charge in [0.1, 0.15) is 61.0 Å². The van der Waals surface area contributed by atoms with E-state index < -0.39 is 105 Å². The van der Waals surface area contributed by atoms with E-state index in [-0.39, 0.29) is 0 Å². The first kappa shape index (κ1) is 28.5. The Bertz CT molecular complexity index is 708. The van der Waals surface area contributed by atoms with Crippen LogP contribution in [-0.2, 0) is 33.2 Å². The number of aliphatic hydroxyl groups excluding tert-OH is 8. The molecule has 0 radical (unpaired) electrons. The molecule has 3 aliphatic heterocycles. The topological polar surface area (TPSA) is 255 Å². The summed E-state index contributed by atoms with van der Waals surface area (Å²) in [5.74, 6) is -1.65. The minimum absolute atomic E-state index is 0.727. The Balaban J connectivity index is 1.85. The first-order valence-corrected chi connectivity index (χ1v) is 10.8. The largest absolute Gasteiger partial charge is 0.479 e. The smallest absolute Gasteiger partial charge is 0.335 e. The molecular weight excluding hydrogens is 484 g/mol. The molecule has 35 heavy (non-hydrogen) atoms. The molecule has 0 aromatic carbocycles. The third kappa shape index (κ3) is 5.60. The van der Waals surface area contributed by atoms with Crippen molar-refractivity contribution < 1.29 is 79.2 Å². The van der Waals surface area contributed by atoms with Crippen LogP contribution in [0.2, 0.25) is 0 Å². The molecule has 3 saturated heterocycles. The highest BCUT2D eigenvalue weighted by Crippen LogP contribution is 2.33. The fraction of sp³-hybridized carbons (Fsp3) is 0.947. The van der Waals surface area contributed by atoms with Gasteiger partial charge in [0.2, 0.25) is 0 Å². The lowest BCUT2D eigenvalue weighted by Crippen LogP contribution is -2.66. The molecular formula is C19H32O16. The number of ether oxygens (including phenoxy) is 6. The van der Waals surface area contributed by atoms with Crippen molar-refractivity contribution in [3.05, 3.63) is 0 Å². The van der Waals surface area contributed by atoms with Gasteiger partial charge in [-0.3, -0.25) is 0 Å². The van der Waals surface area contributed by atoms with E-state index in [9.17, 15) is 50.8 Å². The van der Waals surface area contributed by atoms with Crippen molar-refractivity contribution in [1.29, 1.82) is 0 Å². The van der Waals surface area contributed by atoms with E-state index in [1.165, 1.54) is 14.0 Å². The summed E-state index contributed by atoms with van der Waals surface area (Å²) in [6.07, 6.45) is -24.8. The molecule has 0 amide bonds. The quantitative estimate of drug-likeness (QED) is 0.153. The highest BCUT2D eigenvalue weighted by molar-refractivity contribution is 5.73. The third-order valence-corrected chi connectivity index (χ3v) is 6.23. The summed E-state index contributed by atoms with van der Waals surface area (Å²) in [5, 5.41) is 89.9. The normalized spacial score (nSPS) is 51.2. The summed E-state index contributed by atoms with van der Waals surface area (Å²) in [6.45, 7) is 0.731. The van der Waals surface area contributed by atoms with Gasteiger partial charge in [0.25, 0.3) is 0 Å². The molecule has 0 spiro atoms. The van der Waals surface area contributed by atoms with E-state index in [1.54, 1.807) is 0 Å². The maximum atomic E-state index is 11.4. The molecule has 3 heterocycles. The third-order valence-electron chi connectivity index (χ3n) is 6.23. The van der Waals surface area contributed by atoms with Gasteiger partial charge in [-0.1, -0.05) is 0 Å². The van der Waals surface area contributed by atoms with Crippen molar-refractivity contribution in [2.45, 2.75) is 99.0 Å². The number of methoxy groups -OCH3 is 1. The van der Waals surface area contributed by atoms with Gasteiger partial charge >= 0.3 is 5.97 Å². The van der Waals surface area contributed by atoms with Crippen LogP contribution >= 0.6 is 0 Å². The molecule has 0 aromatic heterocycles. The maximum absolute atomic E-state index is 11.4. The van der Waals surface area contributed by atoms with Gasteiger partial charge in [0.05, 0.1) is 12.7 Å². The second-order valence-corrected chi connectivity index (χ2v) is 8.57. The molecule has 15 unspecified atom stereocenters. The van der Waals surface area contributed by atoms with Crippen LogP contribution in [0.15, 0.2) is 0 Å². The Hall–Kier alpha value is -1.09. The lowest BCUT2D eigenvalue weighted by molar-refractivity contribution is -0.380. The monoisotopic (exact) mass is 516 g/mol. The van der Waals surface area contributed by atoms with Crippen LogP contribution in [0.3, 0.4) is 0 Å². The number of hydrogen-bond acceptors (Lipinski definition) is 15. The summed E-state index contributed by atoms with van der Waals surface area (Å²) in [7, 11) is 1.21. The molecule has 3 aliphatic rings. The summed E-state index contributed by atoms with van der Waals surface area (Å²) in [5.41, 5.74) is 0. The van der Waals surface area contributed by atoms with Gasteiger partial charge in [-0.25, -0.2) is 4.79 Å². The second kappa shape index (κ2) is 11.5. The predicted octanol–water partition coefficient (Wildman–Crippen LogP) is -5.80. The number of carboxylic acids is 1. The van der Waals surface area contributed by atoms with Gasteiger partial charge in [-0.05, 0) is 6.92 Å². The van der Waals surface area contributed by atoms with Crippen molar-refractivity contribution >= 4 is 5.97 Å². The van der Waals surface area contributed by atoms with Crippen molar-refractivity contribution in [2.75, 3.05) is 13.7 Å². The van der Waals surface area contributed by atoms with Crippen LogP contribution < -0.4 is 0 Å². The molecule has 9 N–H and O–H groups in total. The Morgan fingerprint density at radius 2 is 1.26 bits per heavy atom. The average Bonchev–Trinajstić information content (AvgIpc) is 2.82. The highest BCUT2D eigenvalue weighted by Gasteiger charge is 2.54. The molecule has 3 rings (SSSR count). The van der Waals surface area contributed by atoms with Crippen LogP contribution in [0.25, 0.3) is 0 Å². The van der Waals surface area contributed by atoms with E-state index in [0.717, 1.165) is 0 Å². The number of carbonyl (C=O) groups is 1. The molecule has 0 aliphatic carbocycles. The van der Waals surface area contributed by atoms with Crippen molar-refractivity contribution in [3.8, 4) is 0 Å². The Kier molecular flexibility index (Phi) is 9.38. The standard InChI is InChI=1S/C19H32O16/c1-4-13(33-18-10(25)7(22)6(21)5(3-20)32-18)14(12(27)17(30-2)31-4)34-19-11(26)8(23)9(24)15(35-19)16(28)29/h4-15,17-27H,3H2,1-2H3,(H,28,29). The van der Waals surface area contributed by atoms with Crippen LogP contribution in [0.4, 0.5) is 0 Å². The first-order valence-electron chi connectivity index (χ1n) is 10.8. The highest BCUT2D eigenvalue weighted by atomic mass is 16.8. The molecule has 16 heteroatoms. The zero-order chi connectivity index (χ0) is 26.2. The van der Waals surface area contributed by atoms with Gasteiger partial charge in [0, 0.05) is 7.11 Å². The van der Waals surface area contributed by atoms with E-state index in [2.05, 4.69) is 0 Å². The molecule has 15 atom stereocenters. The van der Waals surface area contributed by atoms with Crippen molar-refractivity contribution in [2.24, 2.45) is 0 Å². The van der Waals surface area contributed by atoms with Crippen molar-refractivity contribution in [3.63, 3.8) is 0 Å². The fourth-order valence-electron chi connectivity index (χ4n) is 4.18. The second-order valence-electron chi connectivity index (χ2n) is 8.57. The van der Waals surface area contributed by atoms with Gasteiger partial charge in [-0.15, -0.1) is 0 Å². The number of hydrogen-bond donors (Lipinski definition) is 9. The zero-order valence-corrected chi connectivity index (χ0v) is 18.8. The average molecular weight is 516 g/mol. The lowest BCUT2D eigenvalue weighted by Gasteiger charge is -2.48. The van der Waals surface area contributed by atoms with Gasteiger partial charge in [-0.2, -0.15) is 0 Å². The van der Waals surface area contributed by atoms with E-state index in [0.29, 0.717) is 0 Å². The minimum Gasteiger partial charge on any atom is -0.479 e. The molecule has 0 bridgehead atoms. The minimum atomic E-state index is -1.98. The van der Waals surface area contributed by atoms with E-state index in [4.69, 9.17) is 28.4 Å². The maximum Gasteiger partial charge on any atom is 0.335 e. The zero-order valence-electron chi connectivity index (χ0n) is 18.8. The molecule has 3 fully saturated rings. The Morgan fingerprint density at radius 3 is 1.80 bits per heavy atom. The Morgan fingerprint density at radius 1 is 0.714 bits per heavy atom. The summed E-state index contributed by atoms with van der Waals surface area (Å²) in [4.78, 5) is 11.4. The van der Waals surface area contributed by atoms with Crippen molar-refractivity contribution in [1.82, 2.24) is 0 Å². The molecule has 204 valence electrons. The number of carboxylic acid groups (broad SMARTS) is 1. The van der Waals surface area contributed by atoms with Crippen LogP contribution in [0.1, 0.15) is 6.92 Å². The Labute approximate surface area is 198 Å². The summed E-state index contributed by atoms with van der Waals surface area (Å²) >= 11 is 0. The lowest BCUT2D eigenvalue weighted by atomic mass is 9.96. The predicted molar refractivity (Wildman–Crippen MR) is 105 cm³/mol. The van der Waals surface area contributed by atoms with Gasteiger partial charge < -0.3 is 74.4 Å². The van der Waals surface area contributed by atoms with Crippen LogP contribution in [-0.4, -0.2) is 158 Å². The SMILES string of the molecule is COC1OC(C)C(OC2OC(CO)C(O)C(O)C2O)C(OC2OC(C(=O)O)C(O)C(O)C2O)C1O. The number of aliphatic hydroxyl groups is 8. The molecule has 16 nitrogen and oxygen atoms in total. The first-order chi connectivity index (χ1) is 16.4. The number of rotatable bonds is 7. The summed E-state index contributed by atoms with van der Waals surface area (Å²) in [6, 6.07) is 0. The molecule has 0 aromatic rings. The van der Waals surface area contributed by atoms with Crippen LogP contribution in [0.5, 0.6) is 0 Å². The van der Waals surface area contributed by atoms with Crippen LogP contribution in [0, 0.1) is 0 Å². The number of aliphatic carboxylic acids is 1. The fourth-order valence-corrected chi connectivity index (χ4v) is 4.18. The van der Waals surface area contributed by atoms with E-state index in [1.807, 2.05) is 0 Å². The summed E-state index contributed by atoms with van der Waals surface area (Å²) < 4.78 is 32.3.